The van der Waals surface area contributed by atoms with Gasteiger partial charge >= 0.3 is 0 Å². The molecule has 1 aliphatic rings. The number of anilines is 4. The molecule has 2 aromatic heterocycles. The molecule has 0 spiro atoms. The molecule has 0 bridgehead atoms. The van der Waals surface area contributed by atoms with Gasteiger partial charge in [-0.15, -0.1) is 0 Å². The summed E-state index contributed by atoms with van der Waals surface area (Å²) in [6.07, 6.45) is 1.94. The Labute approximate surface area is 381 Å². The number of aromatic nitrogens is 2. The van der Waals surface area contributed by atoms with E-state index in [1.807, 2.05) is 6.20 Å². The zero-order chi connectivity index (χ0) is 45.3. The van der Waals surface area contributed by atoms with E-state index in [0.29, 0.717) is 18.5 Å². The molecule has 5 nitrogen and oxygen atoms in total. The van der Waals surface area contributed by atoms with E-state index in [4.69, 9.17) is 9.72 Å². The SMILES string of the molecule is CC(C)c1cccc(C(C)C)c1-c1cc(Oc2ccc3c4ccccc4n(-c4cc(C(C)(C)C)ccn4)c3c2)cc(N2CN(c3cccc(C(C)(C)C(C)(C)C)c3)c3ccccc32)c1. The lowest BCUT2D eigenvalue weighted by molar-refractivity contribution is 0.225. The molecule has 8 aromatic rings. The van der Waals surface area contributed by atoms with Crippen molar-refractivity contribution in [1.82, 2.24) is 9.55 Å². The highest BCUT2D eigenvalue weighted by molar-refractivity contribution is 6.09. The standard InChI is InChI=1S/C59H64N4O/c1-38(2)47-22-18-23-48(39(3)4)56(47)40-31-44(62-37-61(52-25-15-16-26-53(52)62)43-20-17-19-42(33-43)59(11,12)58(8,9)10)35-46(32-40)64-45-27-28-50-49-21-13-14-24-51(49)63(54(50)36-45)55-34-41(29-30-60-55)57(5,6)7/h13-36,38-39H,37H2,1-12H3. The molecule has 0 aliphatic carbocycles. The minimum Gasteiger partial charge on any atom is -0.457 e. The molecule has 0 unspecified atom stereocenters. The summed E-state index contributed by atoms with van der Waals surface area (Å²) >= 11 is 0. The molecule has 326 valence electrons. The van der Waals surface area contributed by atoms with Gasteiger partial charge in [-0.1, -0.05) is 144 Å². The Bertz CT molecular complexity index is 3000. The zero-order valence-corrected chi connectivity index (χ0v) is 39.9. The number of ether oxygens (including phenoxy) is 1. The quantitative estimate of drug-likeness (QED) is 0.145. The van der Waals surface area contributed by atoms with E-state index in [-0.39, 0.29) is 16.2 Å². The Balaban J connectivity index is 1.20. The molecule has 0 saturated carbocycles. The molecule has 1 aliphatic heterocycles. The second-order valence-corrected chi connectivity index (χ2v) is 21.0. The van der Waals surface area contributed by atoms with Gasteiger partial charge in [-0.05, 0) is 128 Å². The van der Waals surface area contributed by atoms with Gasteiger partial charge in [0.15, 0.2) is 0 Å². The molecule has 6 aromatic carbocycles. The smallest absolute Gasteiger partial charge is 0.137 e. The summed E-state index contributed by atoms with van der Waals surface area (Å²) in [6, 6.07) is 51.1. The molecule has 5 heteroatoms. The number of rotatable bonds is 9. The third-order valence-electron chi connectivity index (χ3n) is 14.1. The average Bonchev–Trinajstić information content (AvgIpc) is 3.81. The van der Waals surface area contributed by atoms with E-state index >= 15 is 0 Å². The Morgan fingerprint density at radius 3 is 1.84 bits per heavy atom. The molecular formula is C59H64N4O. The maximum Gasteiger partial charge on any atom is 0.137 e. The fourth-order valence-electron chi connectivity index (χ4n) is 9.38. The van der Waals surface area contributed by atoms with Gasteiger partial charge in [0.1, 0.15) is 24.0 Å². The molecule has 0 fully saturated rings. The third kappa shape index (κ3) is 7.63. The summed E-state index contributed by atoms with van der Waals surface area (Å²) < 4.78 is 9.41. The first-order valence-corrected chi connectivity index (χ1v) is 23.1. The van der Waals surface area contributed by atoms with Crippen molar-refractivity contribution in [3.8, 4) is 28.4 Å². The molecule has 3 heterocycles. The number of fused-ring (bicyclic) bond motifs is 4. The summed E-state index contributed by atoms with van der Waals surface area (Å²) in [5.41, 5.74) is 14.6. The van der Waals surface area contributed by atoms with Gasteiger partial charge in [-0.25, -0.2) is 4.98 Å². The highest BCUT2D eigenvalue weighted by atomic mass is 16.5. The van der Waals surface area contributed by atoms with Gasteiger partial charge in [0.25, 0.3) is 0 Å². The summed E-state index contributed by atoms with van der Waals surface area (Å²) in [7, 11) is 0. The Hall–Kier alpha value is -6.33. The Kier molecular flexibility index (Phi) is 10.8. The maximum atomic E-state index is 7.12. The van der Waals surface area contributed by atoms with Crippen LogP contribution in [0.4, 0.5) is 22.7 Å². The van der Waals surface area contributed by atoms with Crippen molar-refractivity contribution in [2.45, 2.75) is 106 Å². The van der Waals surface area contributed by atoms with E-state index < -0.39 is 0 Å². The first kappa shape index (κ1) is 42.9. The number of para-hydroxylation sites is 3. The van der Waals surface area contributed by atoms with Crippen LogP contribution in [0.3, 0.4) is 0 Å². The molecule has 0 radical (unpaired) electrons. The van der Waals surface area contributed by atoms with Crippen LogP contribution in [0.2, 0.25) is 0 Å². The molecule has 0 N–H and O–H groups in total. The lowest BCUT2D eigenvalue weighted by atomic mass is 9.65. The van der Waals surface area contributed by atoms with Crippen LogP contribution in [0.1, 0.15) is 117 Å². The first-order valence-electron chi connectivity index (χ1n) is 23.1. The first-order chi connectivity index (χ1) is 30.4. The largest absolute Gasteiger partial charge is 0.457 e. The van der Waals surface area contributed by atoms with E-state index in [0.717, 1.165) is 45.0 Å². The number of benzene rings is 6. The minimum absolute atomic E-state index is 0.0167. The third-order valence-corrected chi connectivity index (χ3v) is 14.1. The highest BCUT2D eigenvalue weighted by Gasteiger charge is 2.36. The van der Waals surface area contributed by atoms with Crippen molar-refractivity contribution < 1.29 is 4.74 Å². The number of pyridine rings is 1. The predicted molar refractivity (Wildman–Crippen MR) is 272 cm³/mol. The van der Waals surface area contributed by atoms with E-state index in [9.17, 15) is 0 Å². The van der Waals surface area contributed by atoms with Crippen molar-refractivity contribution in [2.24, 2.45) is 5.41 Å². The fourth-order valence-corrected chi connectivity index (χ4v) is 9.38. The normalized spacial score (nSPS) is 13.5. The van der Waals surface area contributed by atoms with Gasteiger partial charge in [0, 0.05) is 40.5 Å². The average molecular weight is 845 g/mol. The number of nitrogens with zero attached hydrogens (tertiary/aromatic N) is 4. The van der Waals surface area contributed by atoms with Crippen LogP contribution in [0, 0.1) is 5.41 Å². The van der Waals surface area contributed by atoms with Gasteiger partial charge in [0.2, 0.25) is 0 Å². The molecule has 9 rings (SSSR count). The summed E-state index contributed by atoms with van der Waals surface area (Å²) in [4.78, 5) is 9.85. The van der Waals surface area contributed by atoms with E-state index in [1.54, 1.807) is 0 Å². The molecular weight excluding hydrogens is 781 g/mol. The maximum absolute atomic E-state index is 7.12. The van der Waals surface area contributed by atoms with Crippen LogP contribution in [0.25, 0.3) is 38.8 Å². The number of hydrogen-bond acceptors (Lipinski definition) is 4. The van der Waals surface area contributed by atoms with E-state index in [1.165, 1.54) is 50.3 Å². The lowest BCUT2D eigenvalue weighted by Crippen LogP contribution is -2.34. The molecule has 0 atom stereocenters. The Morgan fingerprint density at radius 2 is 1.17 bits per heavy atom. The molecule has 0 amide bonds. The van der Waals surface area contributed by atoms with Crippen LogP contribution in [0.5, 0.6) is 11.5 Å². The van der Waals surface area contributed by atoms with Gasteiger partial charge in [-0.2, -0.15) is 0 Å². The van der Waals surface area contributed by atoms with Crippen LogP contribution in [0.15, 0.2) is 146 Å². The second kappa shape index (κ2) is 16.0. The zero-order valence-electron chi connectivity index (χ0n) is 39.9. The van der Waals surface area contributed by atoms with E-state index in [2.05, 4.69) is 237 Å². The second-order valence-electron chi connectivity index (χ2n) is 21.0. The highest BCUT2D eigenvalue weighted by Crippen LogP contribution is 2.49. The van der Waals surface area contributed by atoms with Crippen molar-refractivity contribution in [2.75, 3.05) is 16.5 Å². The molecule has 64 heavy (non-hydrogen) atoms. The minimum atomic E-state index is -0.0230. The summed E-state index contributed by atoms with van der Waals surface area (Å²) in [5, 5.41) is 2.35. The summed E-state index contributed by atoms with van der Waals surface area (Å²) in [6.45, 7) is 28.3. The van der Waals surface area contributed by atoms with Crippen molar-refractivity contribution >= 4 is 44.6 Å². The van der Waals surface area contributed by atoms with Gasteiger partial charge in [-0.3, -0.25) is 4.57 Å². The summed E-state index contributed by atoms with van der Waals surface area (Å²) in [5.74, 6) is 3.14. The lowest BCUT2D eigenvalue weighted by Gasteiger charge is -2.40. The predicted octanol–water partition coefficient (Wildman–Crippen LogP) is 16.8. The Morgan fingerprint density at radius 1 is 0.531 bits per heavy atom. The topological polar surface area (TPSA) is 33.5 Å². The van der Waals surface area contributed by atoms with Crippen LogP contribution in [-0.2, 0) is 10.8 Å². The van der Waals surface area contributed by atoms with Crippen LogP contribution < -0.4 is 14.5 Å². The monoisotopic (exact) mass is 845 g/mol. The molecule has 0 saturated heterocycles. The number of hydrogen-bond donors (Lipinski definition) is 0. The van der Waals surface area contributed by atoms with Gasteiger partial charge < -0.3 is 14.5 Å². The van der Waals surface area contributed by atoms with Crippen molar-refractivity contribution in [1.29, 1.82) is 0 Å². The fraction of sp³-hybridized carbons (Fsp3) is 0.305. The van der Waals surface area contributed by atoms with Gasteiger partial charge in [0.05, 0.1) is 22.4 Å². The van der Waals surface area contributed by atoms with Crippen molar-refractivity contribution in [3.05, 3.63) is 168 Å². The van der Waals surface area contributed by atoms with Crippen molar-refractivity contribution in [3.63, 3.8) is 0 Å². The van der Waals surface area contributed by atoms with Crippen LogP contribution in [-0.4, -0.2) is 16.2 Å². The van der Waals surface area contributed by atoms with Crippen LogP contribution >= 0.6 is 0 Å².